The van der Waals surface area contributed by atoms with E-state index in [1.165, 1.54) is 0 Å². The fraction of sp³-hybridized carbons (Fsp3) is 0.250. The predicted molar refractivity (Wildman–Crippen MR) is 89.1 cm³/mol. The molecular formula is C16H17BrClNO. The van der Waals surface area contributed by atoms with Crippen molar-refractivity contribution < 1.29 is 4.74 Å². The van der Waals surface area contributed by atoms with E-state index in [0.717, 1.165) is 38.6 Å². The molecule has 0 saturated heterocycles. The van der Waals surface area contributed by atoms with Crippen molar-refractivity contribution in [2.24, 2.45) is 0 Å². The van der Waals surface area contributed by atoms with E-state index in [0.29, 0.717) is 6.61 Å². The topological polar surface area (TPSA) is 21.3 Å². The van der Waals surface area contributed by atoms with Gasteiger partial charge in [0.05, 0.1) is 0 Å². The van der Waals surface area contributed by atoms with Gasteiger partial charge in [-0.2, -0.15) is 0 Å². The molecule has 0 radical (unpaired) electrons. The third-order valence-electron chi connectivity index (χ3n) is 2.93. The molecule has 2 aromatic carbocycles. The summed E-state index contributed by atoms with van der Waals surface area (Å²) in [5, 5.41) is 4.13. The van der Waals surface area contributed by atoms with Crippen LogP contribution in [0.5, 0.6) is 5.75 Å². The van der Waals surface area contributed by atoms with Crippen molar-refractivity contribution in [3.8, 4) is 5.75 Å². The lowest BCUT2D eigenvalue weighted by Gasteiger charge is -2.11. The largest absolute Gasteiger partial charge is 0.492 e. The minimum absolute atomic E-state index is 0.604. The number of rotatable bonds is 5. The highest BCUT2D eigenvalue weighted by Gasteiger charge is 2.03. The van der Waals surface area contributed by atoms with Gasteiger partial charge in [0.15, 0.2) is 0 Å². The molecule has 0 spiro atoms. The number of ether oxygens (including phenoxy) is 1. The molecular weight excluding hydrogens is 338 g/mol. The lowest BCUT2D eigenvalue weighted by molar-refractivity contribution is 0.332. The maximum atomic E-state index is 6.13. The lowest BCUT2D eigenvalue weighted by Crippen LogP contribution is -2.11. The maximum absolute atomic E-state index is 6.13. The first-order valence-electron chi connectivity index (χ1n) is 6.45. The van der Waals surface area contributed by atoms with Crippen molar-refractivity contribution in [2.75, 3.05) is 18.5 Å². The summed E-state index contributed by atoms with van der Waals surface area (Å²) in [6.07, 6.45) is 0. The van der Waals surface area contributed by atoms with Crippen LogP contribution in [0.25, 0.3) is 0 Å². The van der Waals surface area contributed by atoms with Crippen LogP contribution in [-0.4, -0.2) is 13.2 Å². The summed E-state index contributed by atoms with van der Waals surface area (Å²) < 4.78 is 6.80. The molecule has 0 atom stereocenters. The van der Waals surface area contributed by atoms with Crippen LogP contribution in [0.4, 0.5) is 5.69 Å². The molecule has 2 aromatic rings. The molecule has 20 heavy (non-hydrogen) atoms. The van der Waals surface area contributed by atoms with Crippen LogP contribution in [0.3, 0.4) is 0 Å². The van der Waals surface area contributed by atoms with Gasteiger partial charge in [0.25, 0.3) is 0 Å². The summed E-state index contributed by atoms with van der Waals surface area (Å²) in [6, 6.07) is 12.0. The van der Waals surface area contributed by atoms with Crippen LogP contribution in [0.1, 0.15) is 11.1 Å². The van der Waals surface area contributed by atoms with Crippen LogP contribution in [0, 0.1) is 13.8 Å². The van der Waals surface area contributed by atoms with Crippen molar-refractivity contribution in [2.45, 2.75) is 13.8 Å². The van der Waals surface area contributed by atoms with Crippen molar-refractivity contribution in [3.63, 3.8) is 0 Å². The summed E-state index contributed by atoms with van der Waals surface area (Å²) in [7, 11) is 0. The quantitative estimate of drug-likeness (QED) is 0.744. The van der Waals surface area contributed by atoms with Crippen molar-refractivity contribution in [3.05, 3.63) is 57.0 Å². The molecule has 1 N–H and O–H groups in total. The van der Waals surface area contributed by atoms with Gasteiger partial charge in [0.2, 0.25) is 0 Å². The average molecular weight is 355 g/mol. The number of hydrogen-bond acceptors (Lipinski definition) is 2. The van der Waals surface area contributed by atoms with E-state index in [4.69, 9.17) is 16.3 Å². The van der Waals surface area contributed by atoms with Crippen LogP contribution in [0.2, 0.25) is 5.02 Å². The SMILES string of the molecule is Cc1cc(OCCNc2cccc(Br)c2)cc(C)c1Cl. The standard InChI is InChI=1S/C16H17BrClNO/c1-11-8-15(9-12(2)16(11)18)20-7-6-19-14-5-3-4-13(17)10-14/h3-5,8-10,19H,6-7H2,1-2H3. The predicted octanol–water partition coefficient (Wildman–Crippen LogP) is 5.21. The second kappa shape index (κ2) is 7.00. The normalized spacial score (nSPS) is 10.4. The Labute approximate surface area is 133 Å². The number of halogens is 2. The molecule has 0 unspecified atom stereocenters. The highest BCUT2D eigenvalue weighted by atomic mass is 79.9. The van der Waals surface area contributed by atoms with Gasteiger partial charge < -0.3 is 10.1 Å². The fourth-order valence-corrected chi connectivity index (χ4v) is 2.46. The zero-order chi connectivity index (χ0) is 14.5. The Morgan fingerprint density at radius 2 is 1.85 bits per heavy atom. The number of hydrogen-bond donors (Lipinski definition) is 1. The number of nitrogens with one attached hydrogen (secondary N) is 1. The van der Waals surface area contributed by atoms with Gasteiger partial charge in [0.1, 0.15) is 12.4 Å². The van der Waals surface area contributed by atoms with E-state index in [-0.39, 0.29) is 0 Å². The van der Waals surface area contributed by atoms with Crippen molar-refractivity contribution >= 4 is 33.2 Å². The molecule has 0 bridgehead atoms. The maximum Gasteiger partial charge on any atom is 0.120 e. The van der Waals surface area contributed by atoms with Crippen LogP contribution < -0.4 is 10.1 Å². The molecule has 2 nitrogen and oxygen atoms in total. The minimum atomic E-state index is 0.604. The number of aryl methyl sites for hydroxylation is 2. The van der Waals surface area contributed by atoms with Gasteiger partial charge in [0, 0.05) is 21.7 Å². The number of benzene rings is 2. The van der Waals surface area contributed by atoms with E-state index >= 15 is 0 Å². The minimum Gasteiger partial charge on any atom is -0.492 e. The summed E-state index contributed by atoms with van der Waals surface area (Å²) >= 11 is 9.58. The van der Waals surface area contributed by atoms with E-state index < -0.39 is 0 Å². The molecule has 0 saturated carbocycles. The summed E-state index contributed by atoms with van der Waals surface area (Å²) in [5.74, 6) is 0.862. The fourth-order valence-electron chi connectivity index (χ4n) is 1.95. The number of anilines is 1. The molecule has 4 heteroatoms. The summed E-state index contributed by atoms with van der Waals surface area (Å²) in [5.41, 5.74) is 3.16. The van der Waals surface area contributed by atoms with Gasteiger partial charge in [-0.25, -0.2) is 0 Å². The highest BCUT2D eigenvalue weighted by Crippen LogP contribution is 2.25. The van der Waals surface area contributed by atoms with Crippen molar-refractivity contribution in [1.29, 1.82) is 0 Å². The first-order valence-corrected chi connectivity index (χ1v) is 7.62. The van der Waals surface area contributed by atoms with E-state index in [1.54, 1.807) is 0 Å². The third kappa shape index (κ3) is 4.15. The Hall–Kier alpha value is -1.19. The lowest BCUT2D eigenvalue weighted by atomic mass is 10.1. The zero-order valence-electron chi connectivity index (χ0n) is 11.5. The highest BCUT2D eigenvalue weighted by molar-refractivity contribution is 9.10. The van der Waals surface area contributed by atoms with Crippen LogP contribution >= 0.6 is 27.5 Å². The Kier molecular flexibility index (Phi) is 5.32. The molecule has 0 fully saturated rings. The Balaban J connectivity index is 1.84. The first kappa shape index (κ1) is 15.2. The molecule has 0 aromatic heterocycles. The summed E-state index contributed by atoms with van der Waals surface area (Å²) in [4.78, 5) is 0. The van der Waals surface area contributed by atoms with Crippen LogP contribution in [-0.2, 0) is 0 Å². The van der Waals surface area contributed by atoms with Crippen LogP contribution in [0.15, 0.2) is 40.9 Å². The van der Waals surface area contributed by atoms with Gasteiger partial charge >= 0.3 is 0 Å². The summed E-state index contributed by atoms with van der Waals surface area (Å²) in [6.45, 7) is 5.33. The molecule has 0 aliphatic rings. The van der Waals surface area contributed by atoms with Gasteiger partial charge in [-0.15, -0.1) is 0 Å². The smallest absolute Gasteiger partial charge is 0.120 e. The molecule has 106 valence electrons. The second-order valence-corrected chi connectivity index (χ2v) is 5.95. The molecule has 0 aliphatic carbocycles. The van der Waals surface area contributed by atoms with Crippen molar-refractivity contribution in [1.82, 2.24) is 0 Å². The van der Waals surface area contributed by atoms with E-state index in [2.05, 4.69) is 21.2 Å². The van der Waals surface area contributed by atoms with Gasteiger partial charge in [-0.3, -0.25) is 0 Å². The third-order valence-corrected chi connectivity index (χ3v) is 4.02. The molecule has 0 aliphatic heterocycles. The van der Waals surface area contributed by atoms with E-state index in [1.807, 2.05) is 50.2 Å². The Morgan fingerprint density at radius 3 is 2.50 bits per heavy atom. The Bertz CT molecular complexity index is 578. The zero-order valence-corrected chi connectivity index (χ0v) is 13.9. The molecule has 0 amide bonds. The monoisotopic (exact) mass is 353 g/mol. The van der Waals surface area contributed by atoms with Gasteiger partial charge in [-0.1, -0.05) is 33.6 Å². The van der Waals surface area contributed by atoms with Gasteiger partial charge in [-0.05, 0) is 55.3 Å². The second-order valence-electron chi connectivity index (χ2n) is 4.66. The average Bonchev–Trinajstić information content (AvgIpc) is 2.41. The molecule has 0 heterocycles. The first-order chi connectivity index (χ1) is 9.56. The van der Waals surface area contributed by atoms with E-state index in [9.17, 15) is 0 Å². The Morgan fingerprint density at radius 1 is 1.15 bits per heavy atom. The molecule has 2 rings (SSSR count).